The Hall–Kier alpha value is -4.10. The van der Waals surface area contributed by atoms with Crippen molar-refractivity contribution in [3.05, 3.63) is 95.7 Å². The summed E-state index contributed by atoms with van der Waals surface area (Å²) in [5, 5.41) is 4.03. The smallest absolute Gasteiger partial charge is 0.254 e. The molecule has 3 aromatic carbocycles. The van der Waals surface area contributed by atoms with Crippen molar-refractivity contribution < 1.29 is 19.1 Å². The SMILES string of the molecule is COCCN1C(=O)c2ccccc2[C@@H](C(=O)Nc2ccccc2OC)[C@H]1c1c[nH]c2ccccc12. The molecule has 2 N–H and O–H groups in total. The Morgan fingerprint density at radius 2 is 1.71 bits per heavy atom. The van der Waals surface area contributed by atoms with Crippen LogP contribution in [0.4, 0.5) is 5.69 Å². The van der Waals surface area contributed by atoms with Gasteiger partial charge in [-0.15, -0.1) is 0 Å². The predicted molar refractivity (Wildman–Crippen MR) is 135 cm³/mol. The van der Waals surface area contributed by atoms with Gasteiger partial charge in [0.1, 0.15) is 5.75 Å². The molecule has 0 unspecified atom stereocenters. The second-order valence-electron chi connectivity index (χ2n) is 8.48. The topological polar surface area (TPSA) is 83.7 Å². The van der Waals surface area contributed by atoms with Crippen molar-refractivity contribution in [1.82, 2.24) is 9.88 Å². The molecule has 35 heavy (non-hydrogen) atoms. The fourth-order valence-corrected chi connectivity index (χ4v) is 4.95. The van der Waals surface area contributed by atoms with Crippen molar-refractivity contribution in [2.75, 3.05) is 32.7 Å². The fourth-order valence-electron chi connectivity index (χ4n) is 4.95. The summed E-state index contributed by atoms with van der Waals surface area (Å²) in [5.74, 6) is -0.410. The van der Waals surface area contributed by atoms with Gasteiger partial charge in [-0.25, -0.2) is 0 Å². The third kappa shape index (κ3) is 4.04. The normalized spacial score (nSPS) is 17.3. The van der Waals surface area contributed by atoms with E-state index in [1.54, 1.807) is 37.3 Å². The lowest BCUT2D eigenvalue weighted by molar-refractivity contribution is -0.119. The number of aromatic amines is 1. The highest BCUT2D eigenvalue weighted by Crippen LogP contribution is 2.45. The second kappa shape index (κ2) is 9.64. The second-order valence-corrected chi connectivity index (χ2v) is 8.48. The van der Waals surface area contributed by atoms with E-state index in [-0.39, 0.29) is 11.8 Å². The number of anilines is 1. The van der Waals surface area contributed by atoms with Gasteiger partial charge in [0.25, 0.3) is 5.91 Å². The number of ether oxygens (including phenoxy) is 2. The molecule has 4 aromatic rings. The molecule has 0 radical (unpaired) electrons. The van der Waals surface area contributed by atoms with Crippen LogP contribution in [0.2, 0.25) is 0 Å². The van der Waals surface area contributed by atoms with Crippen LogP contribution in [0.5, 0.6) is 5.75 Å². The zero-order valence-electron chi connectivity index (χ0n) is 19.7. The molecular formula is C28H27N3O4. The number of benzene rings is 3. The van der Waals surface area contributed by atoms with E-state index >= 15 is 0 Å². The van der Waals surface area contributed by atoms with Crippen LogP contribution in [-0.4, -0.2) is 49.1 Å². The Labute approximate surface area is 203 Å². The fraction of sp³-hybridized carbons (Fsp3) is 0.214. The van der Waals surface area contributed by atoms with Crippen LogP contribution in [0, 0.1) is 0 Å². The maximum atomic E-state index is 14.0. The first-order valence-corrected chi connectivity index (χ1v) is 11.5. The minimum Gasteiger partial charge on any atom is -0.495 e. The maximum absolute atomic E-state index is 14.0. The van der Waals surface area contributed by atoms with Gasteiger partial charge in [-0.05, 0) is 29.8 Å². The van der Waals surface area contributed by atoms with Crippen LogP contribution in [0.3, 0.4) is 0 Å². The van der Waals surface area contributed by atoms with Crippen molar-refractivity contribution in [1.29, 1.82) is 0 Å². The Kier molecular flexibility index (Phi) is 6.25. The lowest BCUT2D eigenvalue weighted by Gasteiger charge is -2.41. The van der Waals surface area contributed by atoms with Crippen LogP contribution in [0.25, 0.3) is 10.9 Å². The van der Waals surface area contributed by atoms with Gasteiger partial charge in [-0.2, -0.15) is 0 Å². The predicted octanol–water partition coefficient (Wildman–Crippen LogP) is 4.74. The highest BCUT2D eigenvalue weighted by molar-refractivity contribution is 6.05. The van der Waals surface area contributed by atoms with Crippen LogP contribution in [-0.2, 0) is 9.53 Å². The summed E-state index contributed by atoms with van der Waals surface area (Å²) in [6.07, 6.45) is 1.90. The summed E-state index contributed by atoms with van der Waals surface area (Å²) < 4.78 is 10.8. The standard InChI is InChI=1S/C28H27N3O4/c1-34-16-15-31-26(21-17-29-22-12-6-5-9-18(21)22)25(19-10-3-4-11-20(19)28(31)33)27(32)30-23-13-7-8-14-24(23)35-2/h3-14,17,25-26,29H,15-16H2,1-2H3,(H,30,32)/t25-,26-/m1/s1. The number of methoxy groups -OCH3 is 2. The Morgan fingerprint density at radius 3 is 2.54 bits per heavy atom. The molecule has 1 aliphatic heterocycles. The molecule has 0 saturated carbocycles. The molecule has 1 aromatic heterocycles. The number of para-hydroxylation sites is 3. The zero-order valence-corrected chi connectivity index (χ0v) is 19.7. The number of aromatic nitrogens is 1. The van der Waals surface area contributed by atoms with Crippen molar-refractivity contribution in [2.24, 2.45) is 0 Å². The third-order valence-electron chi connectivity index (χ3n) is 6.56. The van der Waals surface area contributed by atoms with E-state index in [2.05, 4.69) is 10.3 Å². The number of H-pyrrole nitrogens is 1. The van der Waals surface area contributed by atoms with Gasteiger partial charge in [-0.3, -0.25) is 9.59 Å². The lowest BCUT2D eigenvalue weighted by Crippen LogP contribution is -2.47. The highest BCUT2D eigenvalue weighted by Gasteiger charge is 2.45. The first-order valence-electron chi connectivity index (χ1n) is 11.5. The van der Waals surface area contributed by atoms with E-state index in [9.17, 15) is 9.59 Å². The molecule has 0 bridgehead atoms. The maximum Gasteiger partial charge on any atom is 0.254 e. The quantitative estimate of drug-likeness (QED) is 0.409. The largest absolute Gasteiger partial charge is 0.495 e. The van der Waals surface area contributed by atoms with Crippen LogP contribution in [0.15, 0.2) is 79.0 Å². The molecule has 0 aliphatic carbocycles. The molecule has 0 saturated heterocycles. The van der Waals surface area contributed by atoms with E-state index < -0.39 is 12.0 Å². The highest BCUT2D eigenvalue weighted by atomic mass is 16.5. The lowest BCUT2D eigenvalue weighted by atomic mass is 9.79. The first kappa shape index (κ1) is 22.7. The molecule has 2 heterocycles. The molecule has 0 fully saturated rings. The molecule has 1 aliphatic rings. The van der Waals surface area contributed by atoms with Gasteiger partial charge in [0.2, 0.25) is 5.91 Å². The van der Waals surface area contributed by atoms with Gasteiger partial charge in [0.05, 0.1) is 31.4 Å². The van der Waals surface area contributed by atoms with E-state index in [0.29, 0.717) is 35.7 Å². The molecule has 0 spiro atoms. The summed E-state index contributed by atoms with van der Waals surface area (Å²) in [7, 11) is 3.18. The molecule has 2 amide bonds. The summed E-state index contributed by atoms with van der Waals surface area (Å²) in [4.78, 5) is 32.8. The van der Waals surface area contributed by atoms with Crippen molar-refractivity contribution >= 4 is 28.4 Å². The number of hydrogen-bond donors (Lipinski definition) is 2. The van der Waals surface area contributed by atoms with E-state index in [4.69, 9.17) is 9.47 Å². The number of fused-ring (bicyclic) bond motifs is 2. The van der Waals surface area contributed by atoms with Crippen LogP contribution >= 0.6 is 0 Å². The minimum atomic E-state index is -0.648. The third-order valence-corrected chi connectivity index (χ3v) is 6.56. The number of rotatable bonds is 7. The van der Waals surface area contributed by atoms with Crippen molar-refractivity contribution in [3.63, 3.8) is 0 Å². The van der Waals surface area contributed by atoms with E-state index in [1.807, 2.05) is 60.8 Å². The molecule has 7 heteroatoms. The number of nitrogens with one attached hydrogen (secondary N) is 2. The minimum absolute atomic E-state index is 0.116. The van der Waals surface area contributed by atoms with Crippen LogP contribution in [0.1, 0.15) is 33.4 Å². The van der Waals surface area contributed by atoms with E-state index in [0.717, 1.165) is 16.5 Å². The van der Waals surface area contributed by atoms with Gasteiger partial charge < -0.3 is 24.7 Å². The number of carbonyl (C=O) groups excluding carboxylic acids is 2. The number of nitrogens with zero attached hydrogens (tertiary/aromatic N) is 1. The zero-order chi connectivity index (χ0) is 24.4. The molecule has 7 nitrogen and oxygen atoms in total. The Morgan fingerprint density at radius 1 is 0.971 bits per heavy atom. The van der Waals surface area contributed by atoms with E-state index in [1.165, 1.54) is 0 Å². The Balaban J connectivity index is 1.67. The van der Waals surface area contributed by atoms with Crippen LogP contribution < -0.4 is 10.1 Å². The first-order chi connectivity index (χ1) is 17.1. The number of carbonyl (C=O) groups is 2. The molecule has 2 atom stereocenters. The van der Waals surface area contributed by atoms with Gasteiger partial charge >= 0.3 is 0 Å². The summed E-state index contributed by atoms with van der Waals surface area (Å²) >= 11 is 0. The molecular weight excluding hydrogens is 442 g/mol. The molecule has 5 rings (SSSR count). The van der Waals surface area contributed by atoms with Gasteiger partial charge in [-0.1, -0.05) is 48.5 Å². The molecule has 178 valence electrons. The van der Waals surface area contributed by atoms with Crippen molar-refractivity contribution in [3.8, 4) is 5.75 Å². The average molecular weight is 470 g/mol. The number of amides is 2. The summed E-state index contributed by atoms with van der Waals surface area (Å²) in [6.45, 7) is 0.708. The number of hydrogen-bond acceptors (Lipinski definition) is 4. The summed E-state index contributed by atoms with van der Waals surface area (Å²) in [6, 6.07) is 22.0. The summed E-state index contributed by atoms with van der Waals surface area (Å²) in [5.41, 5.74) is 3.65. The van der Waals surface area contributed by atoms with Gasteiger partial charge in [0, 0.05) is 41.9 Å². The van der Waals surface area contributed by atoms with Crippen molar-refractivity contribution in [2.45, 2.75) is 12.0 Å². The monoisotopic (exact) mass is 469 g/mol. The average Bonchev–Trinajstić information content (AvgIpc) is 3.32. The Bertz CT molecular complexity index is 1380. The van der Waals surface area contributed by atoms with Gasteiger partial charge in [0.15, 0.2) is 0 Å².